The second kappa shape index (κ2) is 20.3. The Hall–Kier alpha value is -1.74. The van der Waals surface area contributed by atoms with Crippen molar-refractivity contribution >= 4 is 34.9 Å². The van der Waals surface area contributed by atoms with Crippen molar-refractivity contribution in [1.82, 2.24) is 4.90 Å². The maximum Gasteiger partial charge on any atom is 0.457 e. The second-order valence-electron chi connectivity index (χ2n) is 12.0. The van der Waals surface area contributed by atoms with E-state index in [1.165, 1.54) is 10.5 Å². The van der Waals surface area contributed by atoms with Gasteiger partial charge in [0.2, 0.25) is 11.8 Å². The zero-order valence-corrected chi connectivity index (χ0v) is 28.0. The molecule has 1 aliphatic carbocycles. The fourth-order valence-electron chi connectivity index (χ4n) is 6.26. The quantitative estimate of drug-likeness (QED) is 0.0673. The zero-order valence-electron chi connectivity index (χ0n) is 26.4. The number of rotatable bonds is 20. The van der Waals surface area contributed by atoms with Crippen LogP contribution in [-0.2, 0) is 25.3 Å². The van der Waals surface area contributed by atoms with E-state index in [-0.39, 0.29) is 37.1 Å². The van der Waals surface area contributed by atoms with Crippen LogP contribution in [0.5, 0.6) is 0 Å². The first kappa shape index (κ1) is 35.7. The molecule has 6 nitrogen and oxygen atoms in total. The van der Waals surface area contributed by atoms with Gasteiger partial charge in [0.05, 0.1) is 12.2 Å². The first-order valence-corrected chi connectivity index (χ1v) is 17.8. The largest absolute Gasteiger partial charge is 0.457 e. The number of carbonyl (C=O) groups is 2. The van der Waals surface area contributed by atoms with E-state index < -0.39 is 6.10 Å². The molecule has 43 heavy (non-hydrogen) atoms. The Labute approximate surface area is 268 Å². The standard InChI is InChI=1S/C35H53BBrNO5/c1-3-5-25-36-42-32-27-33(43-36)31(24-23-29(39)22-21-28-16-10-8-11-17-28)30(32)18-12-6-7-13-19-34(40)38(4-2)35(41)20-14-9-15-26-37/h6,8,10-12,16-17,23-24,29-33,39H,3-5,7,9,13-15,18-22,25-27H2,1-2H3/t29-,30+,31+,32?,33?/m0/s1. The number of halogens is 1. The van der Waals surface area contributed by atoms with E-state index in [2.05, 4.69) is 53.2 Å². The number of aliphatic hydroxyl groups is 1. The Kier molecular flexibility index (Phi) is 16.9. The van der Waals surface area contributed by atoms with E-state index in [0.717, 1.165) is 75.9 Å². The van der Waals surface area contributed by atoms with Crippen molar-refractivity contribution in [2.75, 3.05) is 11.9 Å². The zero-order chi connectivity index (χ0) is 30.9. The highest BCUT2D eigenvalue weighted by molar-refractivity contribution is 9.09. The summed E-state index contributed by atoms with van der Waals surface area (Å²) in [4.78, 5) is 26.6. The lowest BCUT2D eigenvalue weighted by Gasteiger charge is -2.27. The van der Waals surface area contributed by atoms with Crippen molar-refractivity contribution in [2.24, 2.45) is 11.8 Å². The van der Waals surface area contributed by atoms with Gasteiger partial charge in [-0.2, -0.15) is 0 Å². The van der Waals surface area contributed by atoms with Gasteiger partial charge in [-0.15, -0.1) is 0 Å². The highest BCUT2D eigenvalue weighted by Crippen LogP contribution is 2.44. The van der Waals surface area contributed by atoms with Gasteiger partial charge in [0.25, 0.3) is 0 Å². The number of carbonyl (C=O) groups excluding carboxylic acids is 2. The average Bonchev–Trinajstić information content (AvgIpc) is 3.26. The van der Waals surface area contributed by atoms with Gasteiger partial charge in [-0.05, 0) is 76.1 Å². The fourth-order valence-corrected chi connectivity index (χ4v) is 6.65. The number of hydrogen-bond acceptors (Lipinski definition) is 5. The number of unbranched alkanes of at least 4 members (excludes halogenated alkanes) is 4. The third-order valence-corrected chi connectivity index (χ3v) is 9.28. The predicted molar refractivity (Wildman–Crippen MR) is 179 cm³/mol. The molecule has 2 bridgehead atoms. The summed E-state index contributed by atoms with van der Waals surface area (Å²) in [6, 6.07) is 10.3. The number of nitrogens with zero attached hydrogens (tertiary/aromatic N) is 1. The van der Waals surface area contributed by atoms with Gasteiger partial charge in [0.1, 0.15) is 0 Å². The molecule has 2 fully saturated rings. The SMILES string of the molecule is CCCCB1OC2CC(O1)[C@H](CC=CCCCC(=O)N(CC)C(=O)CCCCCBr)[C@H]2C=C[C@@H](O)CCc1ccccc1. The van der Waals surface area contributed by atoms with Crippen LogP contribution in [-0.4, -0.2) is 59.1 Å². The highest BCUT2D eigenvalue weighted by Gasteiger charge is 2.49. The molecule has 0 radical (unpaired) electrons. The minimum Gasteiger partial charge on any atom is -0.408 e. The number of aliphatic hydroxyl groups excluding tert-OH is 1. The van der Waals surface area contributed by atoms with E-state index in [1.807, 2.05) is 31.2 Å². The summed E-state index contributed by atoms with van der Waals surface area (Å²) in [5.74, 6) is 0.386. The molecule has 5 atom stereocenters. The van der Waals surface area contributed by atoms with Gasteiger partial charge in [-0.1, -0.05) is 96.8 Å². The smallest absolute Gasteiger partial charge is 0.408 e. The first-order chi connectivity index (χ1) is 21.0. The second-order valence-corrected chi connectivity index (χ2v) is 12.8. The molecule has 0 aromatic heterocycles. The van der Waals surface area contributed by atoms with Crippen LogP contribution in [0.2, 0.25) is 6.32 Å². The number of hydrogen-bond donors (Lipinski definition) is 1. The number of amides is 2. The summed E-state index contributed by atoms with van der Waals surface area (Å²) in [5, 5.41) is 11.7. The number of alkyl halides is 1. The number of fused-ring (bicyclic) bond motifs is 2. The summed E-state index contributed by atoms with van der Waals surface area (Å²) >= 11 is 3.42. The van der Waals surface area contributed by atoms with Crippen LogP contribution in [0, 0.1) is 11.8 Å². The van der Waals surface area contributed by atoms with Gasteiger partial charge < -0.3 is 14.4 Å². The van der Waals surface area contributed by atoms with Gasteiger partial charge in [0, 0.05) is 36.7 Å². The van der Waals surface area contributed by atoms with Crippen molar-refractivity contribution in [3.63, 3.8) is 0 Å². The number of benzene rings is 1. The summed E-state index contributed by atoms with van der Waals surface area (Å²) in [5.41, 5.74) is 1.24. The normalized spacial score (nSPS) is 22.5. The third-order valence-electron chi connectivity index (χ3n) is 8.72. The van der Waals surface area contributed by atoms with Crippen LogP contribution in [0.1, 0.15) is 96.5 Å². The minimum absolute atomic E-state index is 0.0475. The van der Waals surface area contributed by atoms with Gasteiger partial charge in [-0.25, -0.2) is 0 Å². The number of allylic oxidation sites excluding steroid dienone is 2. The number of aryl methyl sites for hydroxylation is 1. The molecule has 1 aromatic carbocycles. The van der Waals surface area contributed by atoms with Crippen molar-refractivity contribution in [3.05, 3.63) is 60.2 Å². The molecule has 2 unspecified atom stereocenters. The monoisotopic (exact) mass is 657 g/mol. The Morgan fingerprint density at radius 2 is 1.77 bits per heavy atom. The molecule has 238 valence electrons. The molecule has 2 aliphatic rings. The van der Waals surface area contributed by atoms with E-state index >= 15 is 0 Å². The molecule has 3 rings (SSSR count). The minimum atomic E-state index is -0.491. The van der Waals surface area contributed by atoms with Crippen molar-refractivity contribution in [2.45, 2.75) is 122 Å². The molecule has 8 heteroatoms. The topological polar surface area (TPSA) is 76.1 Å². The lowest BCUT2D eigenvalue weighted by atomic mass is 9.80. The predicted octanol–water partition coefficient (Wildman–Crippen LogP) is 7.69. The molecule has 1 heterocycles. The van der Waals surface area contributed by atoms with E-state index in [4.69, 9.17) is 9.31 Å². The van der Waals surface area contributed by atoms with Crippen LogP contribution in [0.3, 0.4) is 0 Å². The van der Waals surface area contributed by atoms with E-state index in [9.17, 15) is 14.7 Å². The molecule has 2 amide bonds. The Balaban J connectivity index is 1.49. The van der Waals surface area contributed by atoms with Crippen LogP contribution in [0.4, 0.5) is 0 Å². The lowest BCUT2D eigenvalue weighted by Crippen LogP contribution is -2.37. The summed E-state index contributed by atoms with van der Waals surface area (Å²) in [6.07, 6.45) is 20.0. The Morgan fingerprint density at radius 3 is 2.49 bits per heavy atom. The van der Waals surface area contributed by atoms with Crippen LogP contribution >= 0.6 is 15.9 Å². The van der Waals surface area contributed by atoms with Crippen LogP contribution < -0.4 is 0 Å². The molecule has 1 N–H and O–H groups in total. The molecule has 1 aromatic rings. The van der Waals surface area contributed by atoms with Crippen molar-refractivity contribution in [1.29, 1.82) is 0 Å². The van der Waals surface area contributed by atoms with Gasteiger partial charge >= 0.3 is 7.12 Å². The van der Waals surface area contributed by atoms with Crippen molar-refractivity contribution < 1.29 is 24.0 Å². The van der Waals surface area contributed by atoms with Gasteiger partial charge in [-0.3, -0.25) is 14.5 Å². The summed E-state index contributed by atoms with van der Waals surface area (Å²) in [6.45, 7) is 4.50. The molecular weight excluding hydrogens is 605 g/mol. The highest BCUT2D eigenvalue weighted by atomic mass is 79.9. The molecule has 1 saturated carbocycles. The maximum atomic E-state index is 12.7. The Bertz CT molecular complexity index is 1010. The van der Waals surface area contributed by atoms with E-state index in [1.54, 1.807) is 0 Å². The summed E-state index contributed by atoms with van der Waals surface area (Å²) in [7, 11) is -0.142. The molecule has 1 aliphatic heterocycles. The maximum absolute atomic E-state index is 12.7. The first-order valence-electron chi connectivity index (χ1n) is 16.7. The van der Waals surface area contributed by atoms with E-state index in [0.29, 0.717) is 31.7 Å². The molecular formula is C35H53BBrNO5. The Morgan fingerprint density at radius 1 is 1.02 bits per heavy atom. The molecule has 0 spiro atoms. The fraction of sp³-hybridized carbons (Fsp3) is 0.657. The third kappa shape index (κ3) is 12.3. The van der Waals surface area contributed by atoms with Gasteiger partial charge in [0.15, 0.2) is 0 Å². The van der Waals surface area contributed by atoms with Crippen LogP contribution in [0.25, 0.3) is 0 Å². The lowest BCUT2D eigenvalue weighted by molar-refractivity contribution is -0.144. The van der Waals surface area contributed by atoms with Crippen LogP contribution in [0.15, 0.2) is 54.6 Å². The average molecular weight is 659 g/mol. The number of imide groups is 1. The summed E-state index contributed by atoms with van der Waals surface area (Å²) < 4.78 is 12.8. The van der Waals surface area contributed by atoms with Crippen molar-refractivity contribution in [3.8, 4) is 0 Å². The molecule has 1 saturated heterocycles.